The first kappa shape index (κ1) is 12.8. The topological polar surface area (TPSA) is 15.3 Å². The molecule has 1 aliphatic rings. The molecule has 0 radical (unpaired) electrons. The smallest absolute Gasteiger partial charge is 0.315 e. The van der Waals surface area contributed by atoms with Gasteiger partial charge >= 0.3 is 6.18 Å². The predicted octanol–water partition coefficient (Wildman–Crippen LogP) is 2.01. The van der Waals surface area contributed by atoms with Crippen molar-refractivity contribution in [3.63, 3.8) is 0 Å². The van der Waals surface area contributed by atoms with Crippen LogP contribution in [0, 0.1) is 0 Å². The van der Waals surface area contributed by atoms with E-state index in [1.165, 1.54) is 0 Å². The minimum absolute atomic E-state index is 0.257. The van der Waals surface area contributed by atoms with E-state index in [-0.39, 0.29) is 6.42 Å². The molecule has 1 saturated heterocycles. The van der Waals surface area contributed by atoms with E-state index in [1.54, 1.807) is 0 Å². The van der Waals surface area contributed by atoms with Crippen LogP contribution in [0.25, 0.3) is 0 Å². The Kier molecular flexibility index (Phi) is 5.39. The summed E-state index contributed by atoms with van der Waals surface area (Å²) >= 11 is 0. The number of nitrogens with one attached hydrogen (secondary N) is 1. The second-order valence-electron chi connectivity index (χ2n) is 4.02. The molecule has 0 aromatic heterocycles. The summed E-state index contributed by atoms with van der Waals surface area (Å²) in [5.74, 6) is 0. The second kappa shape index (κ2) is 6.33. The largest absolute Gasteiger partial charge is 0.389 e. The Morgan fingerprint density at radius 3 is 2.60 bits per heavy atom. The van der Waals surface area contributed by atoms with Gasteiger partial charge in [0.2, 0.25) is 0 Å². The first-order valence-electron chi connectivity index (χ1n) is 5.58. The van der Waals surface area contributed by atoms with Crippen molar-refractivity contribution >= 4 is 0 Å². The van der Waals surface area contributed by atoms with Crippen molar-refractivity contribution in [1.29, 1.82) is 0 Å². The minimum atomic E-state index is -3.99. The monoisotopic (exact) mass is 224 g/mol. The second-order valence-corrected chi connectivity index (χ2v) is 4.02. The van der Waals surface area contributed by atoms with Crippen LogP contribution in [0.2, 0.25) is 0 Å². The zero-order valence-corrected chi connectivity index (χ0v) is 8.95. The summed E-state index contributed by atoms with van der Waals surface area (Å²) in [5, 5.41) is 3.27. The third-order valence-corrected chi connectivity index (χ3v) is 2.62. The highest BCUT2D eigenvalue weighted by Crippen LogP contribution is 2.22. The van der Waals surface area contributed by atoms with Gasteiger partial charge in [-0.15, -0.1) is 0 Å². The van der Waals surface area contributed by atoms with Gasteiger partial charge in [-0.25, -0.2) is 0 Å². The van der Waals surface area contributed by atoms with E-state index in [2.05, 4.69) is 10.2 Å². The molecule has 1 fully saturated rings. The van der Waals surface area contributed by atoms with E-state index in [0.29, 0.717) is 6.42 Å². The summed E-state index contributed by atoms with van der Waals surface area (Å²) in [4.78, 5) is 2.25. The quantitative estimate of drug-likeness (QED) is 0.735. The Balaban J connectivity index is 2.03. The summed E-state index contributed by atoms with van der Waals surface area (Å²) in [6, 6.07) is 0. The summed E-state index contributed by atoms with van der Waals surface area (Å²) < 4.78 is 35.6. The van der Waals surface area contributed by atoms with Crippen LogP contribution < -0.4 is 5.32 Å². The molecular weight excluding hydrogens is 205 g/mol. The van der Waals surface area contributed by atoms with Gasteiger partial charge in [-0.1, -0.05) is 0 Å². The van der Waals surface area contributed by atoms with E-state index in [0.717, 1.165) is 39.1 Å². The van der Waals surface area contributed by atoms with Crippen molar-refractivity contribution in [2.45, 2.75) is 31.9 Å². The normalized spacial score (nSPS) is 20.2. The molecule has 0 atom stereocenters. The molecule has 0 aliphatic carbocycles. The summed E-state index contributed by atoms with van der Waals surface area (Å²) in [7, 11) is 0. The zero-order valence-electron chi connectivity index (χ0n) is 8.95. The van der Waals surface area contributed by atoms with Crippen LogP contribution in [0.5, 0.6) is 0 Å². The van der Waals surface area contributed by atoms with Crippen LogP contribution in [0.3, 0.4) is 0 Å². The number of rotatable bonds is 4. The maximum atomic E-state index is 11.9. The molecule has 0 bridgehead atoms. The van der Waals surface area contributed by atoms with Crippen molar-refractivity contribution < 1.29 is 13.2 Å². The van der Waals surface area contributed by atoms with Crippen LogP contribution in [0.1, 0.15) is 25.7 Å². The fourth-order valence-corrected chi connectivity index (χ4v) is 1.79. The van der Waals surface area contributed by atoms with Crippen molar-refractivity contribution in [3.8, 4) is 0 Å². The van der Waals surface area contributed by atoms with Crippen molar-refractivity contribution in [3.05, 3.63) is 0 Å². The Morgan fingerprint density at radius 1 is 1.07 bits per heavy atom. The van der Waals surface area contributed by atoms with Crippen LogP contribution in [0.15, 0.2) is 0 Å². The third-order valence-electron chi connectivity index (χ3n) is 2.62. The van der Waals surface area contributed by atoms with E-state index in [4.69, 9.17) is 0 Å². The van der Waals surface area contributed by atoms with E-state index >= 15 is 0 Å². The number of hydrogen-bond donors (Lipinski definition) is 1. The number of halogens is 3. The minimum Gasteiger partial charge on any atom is -0.315 e. The predicted molar refractivity (Wildman–Crippen MR) is 53.8 cm³/mol. The first-order valence-corrected chi connectivity index (χ1v) is 5.58. The lowest BCUT2D eigenvalue weighted by molar-refractivity contribution is -0.135. The van der Waals surface area contributed by atoms with Gasteiger partial charge < -0.3 is 10.2 Å². The van der Waals surface area contributed by atoms with E-state index < -0.39 is 12.6 Å². The molecule has 5 heteroatoms. The molecule has 90 valence electrons. The SMILES string of the molecule is FC(F)(F)CCCCN1CCCNCC1. The highest BCUT2D eigenvalue weighted by molar-refractivity contribution is 4.65. The Morgan fingerprint density at radius 2 is 1.87 bits per heavy atom. The fraction of sp³-hybridized carbons (Fsp3) is 1.00. The Hall–Kier alpha value is -0.290. The highest BCUT2D eigenvalue weighted by Gasteiger charge is 2.25. The van der Waals surface area contributed by atoms with Crippen LogP contribution in [0.4, 0.5) is 13.2 Å². The van der Waals surface area contributed by atoms with Crippen molar-refractivity contribution in [2.75, 3.05) is 32.7 Å². The molecule has 1 N–H and O–H groups in total. The molecule has 0 aromatic carbocycles. The van der Waals surface area contributed by atoms with Gasteiger partial charge in [0, 0.05) is 19.5 Å². The maximum Gasteiger partial charge on any atom is 0.389 e. The molecule has 1 aliphatic heterocycles. The van der Waals surface area contributed by atoms with Gasteiger partial charge in [-0.2, -0.15) is 13.2 Å². The van der Waals surface area contributed by atoms with E-state index in [1.807, 2.05) is 0 Å². The summed E-state index contributed by atoms with van der Waals surface area (Å²) in [5.41, 5.74) is 0. The Bertz CT molecular complexity index is 163. The molecule has 0 unspecified atom stereocenters. The molecule has 2 nitrogen and oxygen atoms in total. The lowest BCUT2D eigenvalue weighted by Gasteiger charge is -2.19. The molecule has 0 amide bonds. The number of hydrogen-bond acceptors (Lipinski definition) is 2. The number of alkyl halides is 3. The van der Waals surface area contributed by atoms with Gasteiger partial charge in [-0.3, -0.25) is 0 Å². The number of nitrogens with zero attached hydrogens (tertiary/aromatic N) is 1. The molecule has 0 saturated carbocycles. The molecule has 1 heterocycles. The fourth-order valence-electron chi connectivity index (χ4n) is 1.79. The molecule has 0 aromatic rings. The zero-order chi connectivity index (χ0) is 11.1. The number of unbranched alkanes of at least 4 members (excludes halogenated alkanes) is 1. The lowest BCUT2D eigenvalue weighted by atomic mass is 10.2. The summed E-state index contributed by atoms with van der Waals surface area (Å²) in [6.45, 7) is 4.76. The van der Waals surface area contributed by atoms with Gasteiger partial charge in [0.1, 0.15) is 0 Å². The average molecular weight is 224 g/mol. The van der Waals surface area contributed by atoms with Gasteiger partial charge in [0.25, 0.3) is 0 Å². The molecule has 15 heavy (non-hydrogen) atoms. The first-order chi connectivity index (χ1) is 7.08. The third kappa shape index (κ3) is 6.73. The van der Waals surface area contributed by atoms with Gasteiger partial charge in [0.05, 0.1) is 0 Å². The van der Waals surface area contributed by atoms with Crippen molar-refractivity contribution in [2.24, 2.45) is 0 Å². The lowest BCUT2D eigenvalue weighted by Crippen LogP contribution is -2.29. The van der Waals surface area contributed by atoms with Crippen molar-refractivity contribution in [1.82, 2.24) is 10.2 Å². The standard InChI is InChI=1S/C10H19F3N2/c11-10(12,13)4-1-2-7-15-8-3-5-14-6-9-15/h14H,1-9H2. The van der Waals surface area contributed by atoms with Gasteiger partial charge in [-0.05, 0) is 38.9 Å². The average Bonchev–Trinajstić information content (AvgIpc) is 2.39. The van der Waals surface area contributed by atoms with Crippen LogP contribution in [-0.4, -0.2) is 43.8 Å². The Labute approximate surface area is 88.8 Å². The molecular formula is C10H19F3N2. The van der Waals surface area contributed by atoms with E-state index in [9.17, 15) is 13.2 Å². The van der Waals surface area contributed by atoms with Crippen LogP contribution in [-0.2, 0) is 0 Å². The molecule has 0 spiro atoms. The highest BCUT2D eigenvalue weighted by atomic mass is 19.4. The maximum absolute atomic E-state index is 11.9. The van der Waals surface area contributed by atoms with Crippen LogP contribution >= 0.6 is 0 Å². The summed E-state index contributed by atoms with van der Waals surface area (Å²) in [6.07, 6.45) is -2.62. The molecule has 1 rings (SSSR count). The van der Waals surface area contributed by atoms with Gasteiger partial charge in [0.15, 0.2) is 0 Å².